The van der Waals surface area contributed by atoms with Crippen molar-refractivity contribution in [3.8, 4) is 0 Å². The molecule has 0 aliphatic heterocycles. The highest BCUT2D eigenvalue weighted by atomic mass is 16.4. The number of hydrogen-bond donors (Lipinski definition) is 3. The van der Waals surface area contributed by atoms with Gasteiger partial charge in [0.15, 0.2) is 0 Å². The Morgan fingerprint density at radius 2 is 2.07 bits per heavy atom. The normalized spacial score (nSPS) is 14.8. The summed E-state index contributed by atoms with van der Waals surface area (Å²) in [6.45, 7) is 1.19. The first-order chi connectivity index (χ1) is 6.50. The van der Waals surface area contributed by atoms with Gasteiger partial charge in [0.05, 0.1) is 6.61 Å². The number of benzene rings is 1. The van der Waals surface area contributed by atoms with Crippen LogP contribution in [0.1, 0.15) is 18.1 Å². The standard InChI is InChI=1S/C10H13NO3/c1-10(11,9(13)14)8-5-3-2-4-7(8)6-12/h2-5,12H,6,11H2,1H3,(H,13,14). The number of nitrogens with two attached hydrogens (primary N) is 1. The van der Waals surface area contributed by atoms with Gasteiger partial charge in [0.2, 0.25) is 0 Å². The van der Waals surface area contributed by atoms with E-state index in [1.165, 1.54) is 6.92 Å². The summed E-state index contributed by atoms with van der Waals surface area (Å²) in [4.78, 5) is 10.9. The maximum atomic E-state index is 10.9. The Hall–Kier alpha value is -1.39. The minimum absolute atomic E-state index is 0.212. The second-order valence-electron chi connectivity index (χ2n) is 3.32. The zero-order chi connectivity index (χ0) is 10.8. The third kappa shape index (κ3) is 1.76. The Labute approximate surface area is 82.0 Å². The van der Waals surface area contributed by atoms with Gasteiger partial charge in [-0.1, -0.05) is 24.3 Å². The Morgan fingerprint density at radius 1 is 1.50 bits per heavy atom. The van der Waals surface area contributed by atoms with Crippen LogP contribution in [0.15, 0.2) is 24.3 Å². The summed E-state index contributed by atoms with van der Waals surface area (Å²) in [5, 5.41) is 17.9. The van der Waals surface area contributed by atoms with Crippen LogP contribution in [0.2, 0.25) is 0 Å². The van der Waals surface area contributed by atoms with Crippen molar-refractivity contribution in [2.24, 2.45) is 5.73 Å². The van der Waals surface area contributed by atoms with E-state index in [-0.39, 0.29) is 6.61 Å². The maximum Gasteiger partial charge on any atom is 0.328 e. The summed E-state index contributed by atoms with van der Waals surface area (Å²) in [6.07, 6.45) is 0. The van der Waals surface area contributed by atoms with Crippen molar-refractivity contribution in [2.75, 3.05) is 0 Å². The van der Waals surface area contributed by atoms with Crippen LogP contribution in [0.5, 0.6) is 0 Å². The molecule has 0 aliphatic carbocycles. The van der Waals surface area contributed by atoms with E-state index in [0.29, 0.717) is 11.1 Å². The molecule has 1 aromatic carbocycles. The first-order valence-corrected chi connectivity index (χ1v) is 4.21. The highest BCUT2D eigenvalue weighted by Crippen LogP contribution is 2.22. The average molecular weight is 195 g/mol. The third-order valence-electron chi connectivity index (χ3n) is 2.19. The number of carboxylic acids is 1. The number of rotatable bonds is 3. The van der Waals surface area contributed by atoms with Gasteiger partial charge in [0.1, 0.15) is 5.54 Å². The van der Waals surface area contributed by atoms with Gasteiger partial charge in [-0.2, -0.15) is 0 Å². The lowest BCUT2D eigenvalue weighted by Gasteiger charge is -2.22. The number of aliphatic hydroxyl groups excluding tert-OH is 1. The third-order valence-corrected chi connectivity index (χ3v) is 2.19. The van der Waals surface area contributed by atoms with Crippen molar-refractivity contribution >= 4 is 5.97 Å². The van der Waals surface area contributed by atoms with Crippen LogP contribution in [0.4, 0.5) is 0 Å². The molecular weight excluding hydrogens is 182 g/mol. The fraction of sp³-hybridized carbons (Fsp3) is 0.300. The van der Waals surface area contributed by atoms with E-state index in [0.717, 1.165) is 0 Å². The summed E-state index contributed by atoms with van der Waals surface area (Å²) in [7, 11) is 0. The number of carboxylic acid groups (broad SMARTS) is 1. The van der Waals surface area contributed by atoms with Crippen molar-refractivity contribution in [1.82, 2.24) is 0 Å². The molecule has 0 amide bonds. The van der Waals surface area contributed by atoms with Crippen LogP contribution in [0.25, 0.3) is 0 Å². The second kappa shape index (κ2) is 3.77. The monoisotopic (exact) mass is 195 g/mol. The second-order valence-corrected chi connectivity index (χ2v) is 3.32. The van der Waals surface area contributed by atoms with Gasteiger partial charge in [-0.05, 0) is 18.1 Å². The van der Waals surface area contributed by atoms with Crippen LogP contribution >= 0.6 is 0 Å². The molecule has 4 heteroatoms. The molecule has 0 radical (unpaired) electrons. The topological polar surface area (TPSA) is 83.6 Å². The van der Waals surface area contributed by atoms with Gasteiger partial charge in [-0.25, -0.2) is 4.79 Å². The largest absolute Gasteiger partial charge is 0.480 e. The molecule has 1 unspecified atom stereocenters. The molecule has 0 fully saturated rings. The van der Waals surface area contributed by atoms with E-state index in [1.54, 1.807) is 24.3 Å². The SMILES string of the molecule is CC(N)(C(=O)O)c1ccccc1CO. The van der Waals surface area contributed by atoms with Crippen LogP contribution in [-0.2, 0) is 16.9 Å². The molecule has 1 rings (SSSR count). The lowest BCUT2D eigenvalue weighted by molar-refractivity contribution is -0.143. The van der Waals surface area contributed by atoms with Crippen LogP contribution in [0, 0.1) is 0 Å². The highest BCUT2D eigenvalue weighted by molar-refractivity contribution is 5.80. The molecule has 4 N–H and O–H groups in total. The first-order valence-electron chi connectivity index (χ1n) is 4.21. The Balaban J connectivity index is 3.24. The van der Waals surface area contributed by atoms with Gasteiger partial charge in [0, 0.05) is 0 Å². The van der Waals surface area contributed by atoms with Crippen LogP contribution in [-0.4, -0.2) is 16.2 Å². The summed E-state index contributed by atoms with van der Waals surface area (Å²) in [5.74, 6) is -1.11. The molecule has 14 heavy (non-hydrogen) atoms. The lowest BCUT2D eigenvalue weighted by atomic mass is 9.89. The fourth-order valence-electron chi connectivity index (χ4n) is 1.28. The summed E-state index contributed by atoms with van der Waals surface area (Å²) >= 11 is 0. The summed E-state index contributed by atoms with van der Waals surface area (Å²) < 4.78 is 0. The van der Waals surface area contributed by atoms with Crippen molar-refractivity contribution in [3.05, 3.63) is 35.4 Å². The average Bonchev–Trinajstić information content (AvgIpc) is 2.17. The van der Waals surface area contributed by atoms with Crippen LogP contribution < -0.4 is 5.73 Å². The van der Waals surface area contributed by atoms with Gasteiger partial charge in [-0.15, -0.1) is 0 Å². The predicted molar refractivity (Wildman–Crippen MR) is 51.5 cm³/mol. The molecule has 0 aromatic heterocycles. The molecule has 0 heterocycles. The van der Waals surface area contributed by atoms with Crippen molar-refractivity contribution < 1.29 is 15.0 Å². The molecule has 0 spiro atoms. The molecule has 0 saturated carbocycles. The van der Waals surface area contributed by atoms with Crippen LogP contribution in [0.3, 0.4) is 0 Å². The van der Waals surface area contributed by atoms with E-state index in [4.69, 9.17) is 15.9 Å². The number of carbonyl (C=O) groups is 1. The zero-order valence-electron chi connectivity index (χ0n) is 7.90. The van der Waals surface area contributed by atoms with E-state index in [9.17, 15) is 4.79 Å². The Kier molecular flexibility index (Phi) is 2.88. The highest BCUT2D eigenvalue weighted by Gasteiger charge is 2.31. The number of aliphatic carboxylic acids is 1. The molecule has 1 aromatic rings. The van der Waals surface area contributed by atoms with Gasteiger partial charge in [0.25, 0.3) is 0 Å². The zero-order valence-corrected chi connectivity index (χ0v) is 7.90. The van der Waals surface area contributed by atoms with Crippen molar-refractivity contribution in [3.63, 3.8) is 0 Å². The molecule has 76 valence electrons. The quantitative estimate of drug-likeness (QED) is 0.653. The molecular formula is C10H13NO3. The van der Waals surface area contributed by atoms with E-state index >= 15 is 0 Å². The van der Waals surface area contributed by atoms with E-state index < -0.39 is 11.5 Å². The predicted octanol–water partition coefficient (Wildman–Crippen LogP) is 0.437. The molecule has 0 saturated heterocycles. The van der Waals surface area contributed by atoms with Gasteiger partial charge < -0.3 is 15.9 Å². The number of aliphatic hydroxyl groups is 1. The van der Waals surface area contributed by atoms with E-state index in [1.807, 2.05) is 0 Å². The minimum atomic E-state index is -1.46. The smallest absolute Gasteiger partial charge is 0.328 e. The van der Waals surface area contributed by atoms with Crippen molar-refractivity contribution in [2.45, 2.75) is 19.1 Å². The Bertz CT molecular complexity index is 347. The summed E-state index contributed by atoms with van der Waals surface area (Å²) in [5.41, 5.74) is 5.17. The number of hydrogen-bond acceptors (Lipinski definition) is 3. The molecule has 0 aliphatic rings. The molecule has 0 bridgehead atoms. The van der Waals surface area contributed by atoms with Gasteiger partial charge >= 0.3 is 5.97 Å². The Morgan fingerprint density at radius 3 is 2.57 bits per heavy atom. The maximum absolute atomic E-state index is 10.9. The molecule has 1 atom stereocenters. The van der Waals surface area contributed by atoms with Gasteiger partial charge in [-0.3, -0.25) is 0 Å². The molecule has 4 nitrogen and oxygen atoms in total. The first kappa shape index (κ1) is 10.7. The van der Waals surface area contributed by atoms with Crippen molar-refractivity contribution in [1.29, 1.82) is 0 Å². The summed E-state index contributed by atoms with van der Waals surface area (Å²) in [6, 6.07) is 6.69. The fourth-order valence-corrected chi connectivity index (χ4v) is 1.28. The van der Waals surface area contributed by atoms with E-state index in [2.05, 4.69) is 0 Å². The lowest BCUT2D eigenvalue weighted by Crippen LogP contribution is -2.42. The minimum Gasteiger partial charge on any atom is -0.480 e.